The van der Waals surface area contributed by atoms with E-state index in [1.807, 2.05) is 6.07 Å². The fraction of sp³-hybridized carbons (Fsp3) is 0.412. The van der Waals surface area contributed by atoms with Gasteiger partial charge in [0.2, 0.25) is 0 Å². The van der Waals surface area contributed by atoms with E-state index in [1.165, 1.54) is 13.8 Å². The molecule has 1 aliphatic rings. The lowest BCUT2D eigenvalue weighted by Crippen LogP contribution is -2.41. The Labute approximate surface area is 150 Å². The third kappa shape index (κ3) is 4.71. The van der Waals surface area contributed by atoms with E-state index in [1.54, 1.807) is 25.3 Å². The van der Waals surface area contributed by atoms with Crippen LogP contribution >= 0.6 is 0 Å². The van der Waals surface area contributed by atoms with E-state index in [9.17, 15) is 19.2 Å². The van der Waals surface area contributed by atoms with Crippen molar-refractivity contribution in [3.8, 4) is 5.75 Å². The zero-order valence-corrected chi connectivity index (χ0v) is 14.8. The molecule has 1 fully saturated rings. The molecule has 0 bridgehead atoms. The molecule has 2 N–H and O–H groups in total. The molecule has 4 amide bonds. The summed E-state index contributed by atoms with van der Waals surface area (Å²) in [6, 6.07) is 6.49. The third-order valence-electron chi connectivity index (χ3n) is 3.72. The molecule has 0 spiro atoms. The Morgan fingerprint density at radius 1 is 1.27 bits per heavy atom. The molecule has 1 heterocycles. The van der Waals surface area contributed by atoms with Crippen LogP contribution < -0.4 is 15.4 Å². The highest BCUT2D eigenvalue weighted by molar-refractivity contribution is 6.08. The first-order chi connectivity index (χ1) is 12.2. The van der Waals surface area contributed by atoms with E-state index in [4.69, 9.17) is 9.47 Å². The van der Waals surface area contributed by atoms with E-state index < -0.39 is 42.5 Å². The third-order valence-corrected chi connectivity index (χ3v) is 3.72. The molecular weight excluding hydrogens is 342 g/mol. The van der Waals surface area contributed by atoms with Gasteiger partial charge in [-0.15, -0.1) is 0 Å². The second-order valence-electron chi connectivity index (χ2n) is 6.24. The van der Waals surface area contributed by atoms with Crippen LogP contribution in [0.1, 0.15) is 19.4 Å². The molecule has 0 atom stereocenters. The average molecular weight is 363 g/mol. The fourth-order valence-corrected chi connectivity index (χ4v) is 2.32. The molecule has 0 aromatic heterocycles. The lowest BCUT2D eigenvalue weighted by molar-refractivity contribution is -0.151. The van der Waals surface area contributed by atoms with Crippen LogP contribution in [0.25, 0.3) is 0 Å². The standard InChI is InChI=1S/C17H21N3O6/c1-17(2)15(23)20(16(24)19-17)9-14(22)26-10-13(21)18-8-11-5-4-6-12(7-11)25-3/h4-7H,8-10H2,1-3H3,(H,18,21)(H,19,24). The Hall–Kier alpha value is -3.10. The Morgan fingerprint density at radius 3 is 2.62 bits per heavy atom. The number of rotatable bonds is 7. The van der Waals surface area contributed by atoms with E-state index >= 15 is 0 Å². The number of carbonyl (C=O) groups is 4. The monoisotopic (exact) mass is 363 g/mol. The average Bonchev–Trinajstić information content (AvgIpc) is 2.80. The Kier molecular flexibility index (Phi) is 5.81. The van der Waals surface area contributed by atoms with Gasteiger partial charge in [0.05, 0.1) is 7.11 Å². The van der Waals surface area contributed by atoms with Crippen molar-refractivity contribution in [3.05, 3.63) is 29.8 Å². The summed E-state index contributed by atoms with van der Waals surface area (Å²) in [7, 11) is 1.55. The Balaban J connectivity index is 1.76. The summed E-state index contributed by atoms with van der Waals surface area (Å²) in [4.78, 5) is 47.9. The van der Waals surface area contributed by atoms with Gasteiger partial charge in [-0.25, -0.2) is 4.79 Å². The van der Waals surface area contributed by atoms with Crippen LogP contribution in [-0.4, -0.2) is 54.5 Å². The molecule has 140 valence electrons. The maximum Gasteiger partial charge on any atom is 0.326 e. The predicted molar refractivity (Wildman–Crippen MR) is 90.1 cm³/mol. The number of esters is 1. The van der Waals surface area contributed by atoms with E-state index in [-0.39, 0.29) is 6.54 Å². The van der Waals surface area contributed by atoms with Gasteiger partial charge in [-0.1, -0.05) is 12.1 Å². The molecule has 9 heteroatoms. The van der Waals surface area contributed by atoms with Gasteiger partial charge in [-0.2, -0.15) is 0 Å². The van der Waals surface area contributed by atoms with Crippen LogP contribution in [0.5, 0.6) is 5.75 Å². The predicted octanol–water partition coefficient (Wildman–Crippen LogP) is 0.185. The number of methoxy groups -OCH3 is 1. The first-order valence-corrected chi connectivity index (χ1v) is 7.92. The molecule has 1 saturated heterocycles. The SMILES string of the molecule is COc1cccc(CNC(=O)COC(=O)CN2C(=O)NC(C)(C)C2=O)c1. The summed E-state index contributed by atoms with van der Waals surface area (Å²) in [6.45, 7) is 2.26. The first-order valence-electron chi connectivity index (χ1n) is 7.92. The number of hydrogen-bond donors (Lipinski definition) is 2. The lowest BCUT2D eigenvalue weighted by atomic mass is 10.1. The molecule has 1 aliphatic heterocycles. The number of carbonyl (C=O) groups excluding carboxylic acids is 4. The molecule has 1 aromatic rings. The maximum atomic E-state index is 12.0. The van der Waals surface area contributed by atoms with Gasteiger partial charge in [0, 0.05) is 6.54 Å². The molecular formula is C17H21N3O6. The highest BCUT2D eigenvalue weighted by Crippen LogP contribution is 2.16. The lowest BCUT2D eigenvalue weighted by Gasteiger charge is -2.15. The number of amides is 4. The second kappa shape index (κ2) is 7.85. The van der Waals surface area contributed by atoms with Gasteiger partial charge < -0.3 is 20.1 Å². The number of urea groups is 1. The van der Waals surface area contributed by atoms with Crippen molar-refractivity contribution in [1.29, 1.82) is 0 Å². The van der Waals surface area contributed by atoms with Gasteiger partial charge in [0.25, 0.3) is 11.8 Å². The van der Waals surface area contributed by atoms with E-state index in [0.29, 0.717) is 5.75 Å². The van der Waals surface area contributed by atoms with Gasteiger partial charge >= 0.3 is 12.0 Å². The number of benzene rings is 1. The Morgan fingerprint density at radius 2 is 2.00 bits per heavy atom. The molecule has 0 aliphatic carbocycles. The molecule has 0 radical (unpaired) electrons. The minimum atomic E-state index is -1.06. The number of ether oxygens (including phenoxy) is 2. The van der Waals surface area contributed by atoms with Gasteiger partial charge in [-0.3, -0.25) is 19.3 Å². The van der Waals surface area contributed by atoms with Gasteiger partial charge in [0.1, 0.15) is 17.8 Å². The van der Waals surface area contributed by atoms with Crippen LogP contribution in [-0.2, 0) is 25.7 Å². The summed E-state index contributed by atoms with van der Waals surface area (Å²) in [5.41, 5.74) is -0.239. The highest BCUT2D eigenvalue weighted by atomic mass is 16.5. The van der Waals surface area contributed by atoms with E-state index in [0.717, 1.165) is 10.5 Å². The molecule has 1 aromatic carbocycles. The largest absolute Gasteiger partial charge is 0.497 e. The zero-order chi connectivity index (χ0) is 19.3. The van der Waals surface area contributed by atoms with Crippen molar-refractivity contribution < 1.29 is 28.7 Å². The summed E-state index contributed by atoms with van der Waals surface area (Å²) < 4.78 is 9.90. The molecule has 26 heavy (non-hydrogen) atoms. The van der Waals surface area contributed by atoms with Crippen molar-refractivity contribution in [2.24, 2.45) is 0 Å². The second-order valence-corrected chi connectivity index (χ2v) is 6.24. The topological polar surface area (TPSA) is 114 Å². The van der Waals surface area contributed by atoms with Crippen molar-refractivity contribution in [2.75, 3.05) is 20.3 Å². The fourth-order valence-electron chi connectivity index (χ4n) is 2.32. The normalized spacial score (nSPS) is 15.4. The van der Waals surface area contributed by atoms with Crippen LogP contribution in [0.4, 0.5) is 4.79 Å². The minimum Gasteiger partial charge on any atom is -0.497 e. The summed E-state index contributed by atoms with van der Waals surface area (Å²) in [5.74, 6) is -1.21. The maximum absolute atomic E-state index is 12.0. The van der Waals surface area contributed by atoms with Crippen LogP contribution in [0.3, 0.4) is 0 Å². The summed E-state index contributed by atoms with van der Waals surface area (Å²) in [6.07, 6.45) is 0. The smallest absolute Gasteiger partial charge is 0.326 e. The number of hydrogen-bond acceptors (Lipinski definition) is 6. The van der Waals surface area contributed by atoms with Gasteiger partial charge in [-0.05, 0) is 31.5 Å². The van der Waals surface area contributed by atoms with Crippen molar-refractivity contribution in [1.82, 2.24) is 15.5 Å². The number of nitrogens with one attached hydrogen (secondary N) is 2. The number of imide groups is 1. The summed E-state index contributed by atoms with van der Waals surface area (Å²) >= 11 is 0. The highest BCUT2D eigenvalue weighted by Gasteiger charge is 2.45. The van der Waals surface area contributed by atoms with Crippen LogP contribution in [0, 0.1) is 0 Å². The van der Waals surface area contributed by atoms with Crippen LogP contribution in [0.2, 0.25) is 0 Å². The number of nitrogens with zero attached hydrogens (tertiary/aromatic N) is 1. The zero-order valence-electron chi connectivity index (χ0n) is 14.8. The minimum absolute atomic E-state index is 0.245. The Bertz CT molecular complexity index is 731. The van der Waals surface area contributed by atoms with Gasteiger partial charge in [0.15, 0.2) is 6.61 Å². The van der Waals surface area contributed by atoms with E-state index in [2.05, 4.69) is 10.6 Å². The molecule has 9 nitrogen and oxygen atoms in total. The summed E-state index contributed by atoms with van der Waals surface area (Å²) in [5, 5.41) is 5.05. The van der Waals surface area contributed by atoms with Crippen molar-refractivity contribution in [2.45, 2.75) is 25.9 Å². The molecule has 2 rings (SSSR count). The quantitative estimate of drug-likeness (QED) is 0.528. The van der Waals surface area contributed by atoms with Crippen LogP contribution in [0.15, 0.2) is 24.3 Å². The molecule has 0 saturated carbocycles. The first kappa shape index (κ1) is 19.2. The van der Waals surface area contributed by atoms with Crippen molar-refractivity contribution in [3.63, 3.8) is 0 Å². The molecule has 0 unspecified atom stereocenters. The van der Waals surface area contributed by atoms with Crippen molar-refractivity contribution >= 4 is 23.8 Å².